The van der Waals surface area contributed by atoms with E-state index in [2.05, 4.69) is 37.8 Å². The standard InChI is InChI=1S/C24H32ClN5O3.C19H24ClN5O/c1-16-27-28-20-13-30(21(31)14-29(16)20)19-8-10-24(11-9-19,17-6-5-7-18(25)12-17)15-26-22(32)33-23(2,3)4;1-13-22-23-17-10-25(18(26)11-24(13)17)16-5-7-19(12-21,8-6-16)14-3-2-4-15(20)9-14/h5-7,12,19H,8-11,13-15H2,1-4H3,(H,26,32);2-4,9,16H,5-8,10-12,21H2,1H3. The molecule has 3 amide bonds. The maximum Gasteiger partial charge on any atom is 0.407 e. The third-order valence-electron chi connectivity index (χ3n) is 12.8. The topological polar surface area (TPSA) is 166 Å². The summed E-state index contributed by atoms with van der Waals surface area (Å²) in [7, 11) is 0. The number of nitrogens with two attached hydrogens (primary N) is 1. The number of aromatic nitrogens is 6. The minimum atomic E-state index is -0.557. The highest BCUT2D eigenvalue weighted by Crippen LogP contribution is 2.43. The second-order valence-corrected chi connectivity index (χ2v) is 18.5. The Bertz CT molecular complexity index is 2160. The van der Waals surface area contributed by atoms with Crippen LogP contribution in [0.15, 0.2) is 48.5 Å². The second kappa shape index (κ2) is 17.2. The molecule has 14 nitrogen and oxygen atoms in total. The molecule has 2 fully saturated rings. The molecule has 4 heterocycles. The van der Waals surface area contributed by atoms with Gasteiger partial charge in [0.25, 0.3) is 0 Å². The van der Waals surface area contributed by atoms with E-state index in [-0.39, 0.29) is 34.7 Å². The summed E-state index contributed by atoms with van der Waals surface area (Å²) in [4.78, 5) is 41.9. The van der Waals surface area contributed by atoms with E-state index in [0.717, 1.165) is 85.3 Å². The Morgan fingerprint density at radius 1 is 0.746 bits per heavy atom. The van der Waals surface area contributed by atoms with E-state index >= 15 is 0 Å². The number of nitrogens with zero attached hydrogens (tertiary/aromatic N) is 8. The number of benzene rings is 2. The van der Waals surface area contributed by atoms with Crippen molar-refractivity contribution in [3.8, 4) is 0 Å². The van der Waals surface area contributed by atoms with Gasteiger partial charge in [0, 0.05) is 46.0 Å². The van der Waals surface area contributed by atoms with Crippen molar-refractivity contribution in [1.29, 1.82) is 0 Å². The van der Waals surface area contributed by atoms with Crippen molar-refractivity contribution in [3.63, 3.8) is 0 Å². The molecule has 2 aliphatic carbocycles. The Balaban J connectivity index is 0.000000184. The fraction of sp³-hybridized carbons (Fsp3) is 0.558. The quantitative estimate of drug-likeness (QED) is 0.214. The van der Waals surface area contributed by atoms with Crippen LogP contribution >= 0.6 is 23.2 Å². The zero-order valence-corrected chi connectivity index (χ0v) is 36.2. The summed E-state index contributed by atoms with van der Waals surface area (Å²) in [5.41, 5.74) is 7.64. The van der Waals surface area contributed by atoms with Gasteiger partial charge in [-0.15, -0.1) is 20.4 Å². The summed E-state index contributed by atoms with van der Waals surface area (Å²) in [6.07, 6.45) is 6.71. The lowest BCUT2D eigenvalue weighted by atomic mass is 9.67. The van der Waals surface area contributed by atoms with Crippen LogP contribution < -0.4 is 11.1 Å². The zero-order valence-electron chi connectivity index (χ0n) is 34.7. The number of hydrogen-bond donors (Lipinski definition) is 2. The van der Waals surface area contributed by atoms with Crippen LogP contribution in [0.3, 0.4) is 0 Å². The number of fused-ring (bicyclic) bond motifs is 2. The number of aryl methyl sites for hydroxylation is 2. The van der Waals surface area contributed by atoms with E-state index in [1.54, 1.807) is 0 Å². The molecule has 4 aromatic rings. The van der Waals surface area contributed by atoms with Crippen LogP contribution in [0.1, 0.15) is 107 Å². The first kappa shape index (κ1) is 42.6. The van der Waals surface area contributed by atoms with E-state index in [9.17, 15) is 14.4 Å². The van der Waals surface area contributed by atoms with Crippen LogP contribution in [0.5, 0.6) is 0 Å². The fourth-order valence-electron chi connectivity index (χ4n) is 9.40. The molecule has 16 heteroatoms. The van der Waals surface area contributed by atoms with Gasteiger partial charge in [-0.1, -0.05) is 47.5 Å². The molecule has 0 radical (unpaired) electrons. The van der Waals surface area contributed by atoms with E-state index in [1.165, 1.54) is 5.56 Å². The van der Waals surface area contributed by atoms with E-state index in [4.69, 9.17) is 33.7 Å². The summed E-state index contributed by atoms with van der Waals surface area (Å²) in [6.45, 7) is 12.1. The third-order valence-corrected chi connectivity index (χ3v) is 13.3. The van der Waals surface area contributed by atoms with Crippen molar-refractivity contribution in [2.24, 2.45) is 5.73 Å². The van der Waals surface area contributed by atoms with Crippen LogP contribution in [0, 0.1) is 13.8 Å². The van der Waals surface area contributed by atoms with Gasteiger partial charge in [0.2, 0.25) is 11.8 Å². The van der Waals surface area contributed by atoms with Crippen molar-refractivity contribution in [3.05, 3.63) is 93.0 Å². The molecule has 2 aromatic carbocycles. The first-order chi connectivity index (χ1) is 28.1. The van der Waals surface area contributed by atoms with Crippen LogP contribution in [0.4, 0.5) is 4.79 Å². The number of halogens is 2. The number of nitrogens with one attached hydrogen (secondary N) is 1. The average molecular weight is 848 g/mol. The van der Waals surface area contributed by atoms with E-state index < -0.39 is 11.7 Å². The van der Waals surface area contributed by atoms with E-state index in [1.807, 2.05) is 90.0 Å². The van der Waals surface area contributed by atoms with Gasteiger partial charge in [0.15, 0.2) is 11.6 Å². The van der Waals surface area contributed by atoms with Crippen molar-refractivity contribution in [2.45, 2.75) is 141 Å². The molecule has 0 saturated heterocycles. The van der Waals surface area contributed by atoms with E-state index in [0.29, 0.717) is 44.3 Å². The molecule has 4 aliphatic rings. The number of carbonyl (C=O) groups is 3. The Kier molecular flexibility index (Phi) is 12.4. The lowest BCUT2D eigenvalue weighted by Crippen LogP contribution is -2.51. The maximum absolute atomic E-state index is 12.9. The maximum atomic E-state index is 12.9. The summed E-state index contributed by atoms with van der Waals surface area (Å²) in [5.74, 6) is 3.57. The molecule has 2 aliphatic heterocycles. The number of rotatable bonds is 7. The highest BCUT2D eigenvalue weighted by molar-refractivity contribution is 6.30. The molecule has 0 unspecified atom stereocenters. The first-order valence-corrected chi connectivity index (χ1v) is 21.4. The third kappa shape index (κ3) is 9.29. The number of ether oxygens (including phenoxy) is 1. The molecule has 59 heavy (non-hydrogen) atoms. The lowest BCUT2D eigenvalue weighted by Gasteiger charge is -2.45. The van der Waals surface area contributed by atoms with Gasteiger partial charge in [-0.25, -0.2) is 4.79 Å². The summed E-state index contributed by atoms with van der Waals surface area (Å²) in [6, 6.07) is 16.3. The lowest BCUT2D eigenvalue weighted by molar-refractivity contribution is -0.138. The summed E-state index contributed by atoms with van der Waals surface area (Å²) in [5, 5.41) is 21.1. The highest BCUT2D eigenvalue weighted by Gasteiger charge is 2.42. The van der Waals surface area contributed by atoms with Gasteiger partial charge in [0.05, 0.1) is 13.1 Å². The van der Waals surface area contributed by atoms with Crippen molar-refractivity contribution in [1.82, 2.24) is 44.6 Å². The average Bonchev–Trinajstić information content (AvgIpc) is 3.76. The predicted octanol–water partition coefficient (Wildman–Crippen LogP) is 6.41. The van der Waals surface area contributed by atoms with Crippen molar-refractivity contribution < 1.29 is 19.1 Å². The summed E-state index contributed by atoms with van der Waals surface area (Å²) >= 11 is 12.5. The van der Waals surface area contributed by atoms with Crippen LogP contribution in [-0.2, 0) is 51.3 Å². The molecule has 316 valence electrons. The van der Waals surface area contributed by atoms with Gasteiger partial charge >= 0.3 is 6.09 Å². The summed E-state index contributed by atoms with van der Waals surface area (Å²) < 4.78 is 9.26. The molecule has 2 saturated carbocycles. The fourth-order valence-corrected chi connectivity index (χ4v) is 9.78. The normalized spacial score (nSPS) is 24.5. The van der Waals surface area contributed by atoms with Gasteiger partial charge in [-0.05, 0) is 121 Å². The second-order valence-electron chi connectivity index (χ2n) is 17.6. The van der Waals surface area contributed by atoms with Gasteiger partial charge in [-0.2, -0.15) is 0 Å². The first-order valence-electron chi connectivity index (χ1n) is 20.6. The minimum Gasteiger partial charge on any atom is -0.444 e. The zero-order chi connectivity index (χ0) is 42.1. The molecule has 3 N–H and O–H groups in total. The molecular weight excluding hydrogens is 791 g/mol. The largest absolute Gasteiger partial charge is 0.444 e. The van der Waals surface area contributed by atoms with Crippen molar-refractivity contribution in [2.75, 3.05) is 13.1 Å². The van der Waals surface area contributed by atoms with Gasteiger partial charge in [0.1, 0.15) is 30.3 Å². The van der Waals surface area contributed by atoms with Crippen LogP contribution in [0.25, 0.3) is 0 Å². The minimum absolute atomic E-state index is 0.0448. The molecule has 0 spiro atoms. The monoisotopic (exact) mass is 846 g/mol. The Morgan fingerprint density at radius 2 is 1.19 bits per heavy atom. The predicted molar refractivity (Wildman–Crippen MR) is 225 cm³/mol. The smallest absolute Gasteiger partial charge is 0.407 e. The number of amides is 3. The Morgan fingerprint density at radius 3 is 1.61 bits per heavy atom. The number of hydrogen-bond acceptors (Lipinski definition) is 9. The van der Waals surface area contributed by atoms with Gasteiger partial charge < -0.3 is 34.7 Å². The molecule has 0 atom stereocenters. The molecule has 8 rings (SSSR count). The molecule has 2 aromatic heterocycles. The van der Waals surface area contributed by atoms with Crippen LogP contribution in [-0.4, -0.2) is 88.0 Å². The highest BCUT2D eigenvalue weighted by atomic mass is 35.5. The van der Waals surface area contributed by atoms with Crippen molar-refractivity contribution >= 4 is 41.1 Å². The molecular formula is C43H56Cl2N10O4. The van der Waals surface area contributed by atoms with Gasteiger partial charge in [-0.3, -0.25) is 9.59 Å². The number of carbonyl (C=O) groups excluding carboxylic acids is 3. The van der Waals surface area contributed by atoms with Crippen LogP contribution in [0.2, 0.25) is 10.0 Å². The Hall–Kier alpha value is -4.53. The molecule has 0 bridgehead atoms. The SMILES string of the molecule is Cc1nnc2n1CC(=O)N(C1CCC(CN)(c3cccc(Cl)c3)CC1)C2.Cc1nnc2n1CC(=O)N(C1CCC(CNC(=O)OC(C)(C)C)(c3cccc(Cl)c3)CC1)C2. The number of alkyl carbamates (subject to hydrolysis) is 1. The Labute approximate surface area is 356 Å².